The van der Waals surface area contributed by atoms with E-state index in [9.17, 15) is 13.2 Å². The third-order valence-corrected chi connectivity index (χ3v) is 5.74. The van der Waals surface area contributed by atoms with Crippen LogP contribution in [0, 0.1) is 0 Å². The molecule has 2 aliphatic rings. The van der Waals surface area contributed by atoms with Gasteiger partial charge in [0.2, 0.25) is 0 Å². The number of rotatable bonds is 3. The number of halogens is 4. The highest BCUT2D eigenvalue weighted by Gasteiger charge is 2.39. The van der Waals surface area contributed by atoms with Crippen LogP contribution in [0.1, 0.15) is 22.9 Å². The normalized spacial score (nSPS) is 20.5. The second-order valence-corrected chi connectivity index (χ2v) is 7.64. The molecule has 1 fully saturated rings. The molecule has 6 nitrogen and oxygen atoms in total. The Hall–Kier alpha value is -2.46. The number of alkyl halides is 3. The number of benzene rings is 2. The van der Waals surface area contributed by atoms with Crippen LogP contribution in [0.5, 0.6) is 0 Å². The van der Waals surface area contributed by atoms with E-state index in [-0.39, 0.29) is 12.1 Å². The Morgan fingerprint density at radius 2 is 1.74 bits per heavy atom. The average Bonchev–Trinajstić information content (AvgIpc) is 3.39. The molecule has 3 heterocycles. The molecule has 2 N–H and O–H groups in total. The van der Waals surface area contributed by atoms with Crippen LogP contribution in [0.2, 0.25) is 0 Å². The van der Waals surface area contributed by atoms with E-state index in [1.807, 2.05) is 35.0 Å². The van der Waals surface area contributed by atoms with Crippen molar-refractivity contribution >= 4 is 11.9 Å². The van der Waals surface area contributed by atoms with Gasteiger partial charge in [-0.1, -0.05) is 47.7 Å². The number of hydrogen-bond donors (Lipinski definition) is 2. The van der Waals surface area contributed by atoms with E-state index in [1.165, 1.54) is 0 Å². The maximum atomic E-state index is 12.8. The summed E-state index contributed by atoms with van der Waals surface area (Å²) in [4.78, 5) is 2.25. The van der Waals surface area contributed by atoms with E-state index in [0.29, 0.717) is 13.1 Å². The number of likely N-dealkylation sites (tertiary alicyclic amines) is 1. The third-order valence-electron chi connectivity index (χ3n) is 5.74. The highest BCUT2D eigenvalue weighted by atomic mass is 35.5. The lowest BCUT2D eigenvalue weighted by Gasteiger charge is -2.27. The van der Waals surface area contributed by atoms with Crippen LogP contribution in [-0.2, 0) is 19.3 Å². The largest absolute Gasteiger partial charge is 0.416 e. The number of fused-ring (bicyclic) bond motifs is 3. The predicted molar refractivity (Wildman–Crippen MR) is 110 cm³/mol. The summed E-state index contributed by atoms with van der Waals surface area (Å²) in [5.74, 6) is 0. The smallest absolute Gasteiger partial charge is 0.305 e. The average molecular weight is 452 g/mol. The molecule has 31 heavy (non-hydrogen) atoms. The van der Waals surface area contributed by atoms with Gasteiger partial charge in [-0.05, 0) is 17.7 Å². The molecule has 1 aromatic heterocycles. The minimum Gasteiger partial charge on any atom is -0.305 e. The van der Waals surface area contributed by atoms with Gasteiger partial charge in [0.15, 0.2) is 0 Å². The van der Waals surface area contributed by atoms with Crippen molar-refractivity contribution in [2.45, 2.75) is 31.3 Å². The first-order valence-electron chi connectivity index (χ1n) is 9.77. The summed E-state index contributed by atoms with van der Waals surface area (Å²) >= 11 is 3.64. The van der Waals surface area contributed by atoms with Crippen LogP contribution >= 0.6 is 11.9 Å². The molecule has 3 aromatic rings. The standard InChI is InChI=1S/C21H20F3N5.ClHO/c22-21(23,24)16-8-6-14(7-9-16)11-28-12-17-19(13-28)29-18(10-25-17)20(26-27-29)15-4-2-1-3-5-15;1-2/h1-9,17,19,25H,10-13H2;2H/t17-,19-;/m1./s1. The second-order valence-electron chi connectivity index (χ2n) is 7.64. The van der Waals surface area contributed by atoms with Gasteiger partial charge in [-0.3, -0.25) is 9.56 Å². The van der Waals surface area contributed by atoms with Crippen LogP contribution in [-0.4, -0.2) is 43.7 Å². The molecule has 2 aliphatic heterocycles. The van der Waals surface area contributed by atoms with Gasteiger partial charge in [-0.15, -0.1) is 5.10 Å². The lowest BCUT2D eigenvalue weighted by atomic mass is 10.1. The third kappa shape index (κ3) is 4.45. The number of nitrogens with one attached hydrogen (secondary N) is 1. The summed E-state index contributed by atoms with van der Waals surface area (Å²) in [5, 5.41) is 12.4. The van der Waals surface area contributed by atoms with Crippen LogP contribution in [0.3, 0.4) is 0 Å². The van der Waals surface area contributed by atoms with Crippen molar-refractivity contribution in [1.82, 2.24) is 25.2 Å². The van der Waals surface area contributed by atoms with Crippen molar-refractivity contribution in [3.8, 4) is 11.3 Å². The maximum absolute atomic E-state index is 12.8. The Kier molecular flexibility index (Phi) is 6.29. The zero-order chi connectivity index (χ0) is 22.0. The van der Waals surface area contributed by atoms with Crippen LogP contribution < -0.4 is 5.32 Å². The lowest BCUT2D eigenvalue weighted by Crippen LogP contribution is -2.42. The summed E-state index contributed by atoms with van der Waals surface area (Å²) in [6, 6.07) is 15.9. The zero-order valence-corrected chi connectivity index (χ0v) is 17.2. The summed E-state index contributed by atoms with van der Waals surface area (Å²) in [7, 11) is 0. The van der Waals surface area contributed by atoms with Crippen molar-refractivity contribution in [3.63, 3.8) is 0 Å². The molecule has 5 rings (SSSR count). The van der Waals surface area contributed by atoms with Gasteiger partial charge in [-0.2, -0.15) is 13.2 Å². The Balaban J connectivity index is 0.00000112. The first-order chi connectivity index (χ1) is 15.0. The molecule has 0 radical (unpaired) electrons. The maximum Gasteiger partial charge on any atom is 0.416 e. The summed E-state index contributed by atoms with van der Waals surface area (Å²) < 4.78 is 46.8. The fraction of sp³-hybridized carbons (Fsp3) is 0.333. The summed E-state index contributed by atoms with van der Waals surface area (Å²) in [5.41, 5.74) is 3.29. The zero-order valence-electron chi connectivity index (χ0n) is 16.4. The fourth-order valence-corrected chi connectivity index (χ4v) is 4.29. The van der Waals surface area contributed by atoms with Crippen LogP contribution in [0.4, 0.5) is 13.2 Å². The van der Waals surface area contributed by atoms with Gasteiger partial charge >= 0.3 is 6.18 Å². The van der Waals surface area contributed by atoms with E-state index < -0.39 is 11.7 Å². The molecule has 0 bridgehead atoms. The van der Waals surface area contributed by atoms with Gasteiger partial charge in [-0.25, -0.2) is 4.68 Å². The van der Waals surface area contributed by atoms with Crippen molar-refractivity contribution in [2.75, 3.05) is 13.1 Å². The molecule has 2 aromatic carbocycles. The molecule has 2 atom stereocenters. The Labute approximate surface area is 182 Å². The van der Waals surface area contributed by atoms with Crippen LogP contribution in [0.25, 0.3) is 11.3 Å². The molecule has 0 unspecified atom stereocenters. The van der Waals surface area contributed by atoms with Gasteiger partial charge in [0.25, 0.3) is 0 Å². The number of hydrogen-bond acceptors (Lipinski definition) is 5. The molecule has 164 valence electrons. The molecule has 0 amide bonds. The van der Waals surface area contributed by atoms with Gasteiger partial charge < -0.3 is 5.32 Å². The monoisotopic (exact) mass is 451 g/mol. The van der Waals surface area contributed by atoms with E-state index in [0.717, 1.165) is 47.7 Å². The van der Waals surface area contributed by atoms with Gasteiger partial charge in [0.1, 0.15) is 5.69 Å². The van der Waals surface area contributed by atoms with Crippen LogP contribution in [0.15, 0.2) is 54.6 Å². The second kappa shape index (κ2) is 8.96. The van der Waals surface area contributed by atoms with E-state index in [2.05, 4.69) is 32.4 Å². The summed E-state index contributed by atoms with van der Waals surface area (Å²) in [6.07, 6.45) is -4.30. The first kappa shape index (κ1) is 21.8. The molecule has 0 spiro atoms. The number of aromatic nitrogens is 3. The SMILES string of the molecule is FC(F)(F)c1ccc(CN2C[C@@H]3[C@@H](C2)NCc2c(-c4ccccc4)nnn23)cc1.OCl. The molecule has 1 saturated heterocycles. The molecule has 10 heteroatoms. The quantitative estimate of drug-likeness (QED) is 0.636. The van der Waals surface area contributed by atoms with Crippen molar-refractivity contribution in [2.24, 2.45) is 0 Å². The fourth-order valence-electron chi connectivity index (χ4n) is 4.29. The van der Waals surface area contributed by atoms with Gasteiger partial charge in [0.05, 0.1) is 29.2 Å². The molecule has 0 saturated carbocycles. The Morgan fingerprint density at radius 1 is 1.03 bits per heavy atom. The van der Waals surface area contributed by atoms with Crippen molar-refractivity contribution in [1.29, 1.82) is 0 Å². The van der Waals surface area contributed by atoms with E-state index in [1.54, 1.807) is 12.1 Å². The minimum atomic E-state index is -4.30. The first-order valence-corrected chi connectivity index (χ1v) is 10.1. The lowest BCUT2D eigenvalue weighted by molar-refractivity contribution is -0.137. The molecular formula is C21H21ClF3N5O. The Bertz CT molecular complexity index is 1010. The van der Waals surface area contributed by atoms with E-state index >= 15 is 0 Å². The Morgan fingerprint density at radius 3 is 2.42 bits per heavy atom. The predicted octanol–water partition coefficient (Wildman–Crippen LogP) is 3.63. The van der Waals surface area contributed by atoms with E-state index in [4.69, 9.17) is 4.66 Å². The van der Waals surface area contributed by atoms with Gasteiger partial charge in [0, 0.05) is 37.8 Å². The highest BCUT2D eigenvalue weighted by Crippen LogP contribution is 2.33. The molecule has 0 aliphatic carbocycles. The molecular weight excluding hydrogens is 431 g/mol. The summed E-state index contributed by atoms with van der Waals surface area (Å²) in [6.45, 7) is 2.92. The minimum absolute atomic E-state index is 0.165. The highest BCUT2D eigenvalue weighted by molar-refractivity contribution is 6.04. The number of nitrogens with zero attached hydrogens (tertiary/aromatic N) is 4. The topological polar surface area (TPSA) is 66.2 Å². The van der Waals surface area contributed by atoms with Crippen molar-refractivity contribution in [3.05, 3.63) is 71.4 Å². The van der Waals surface area contributed by atoms with Crippen molar-refractivity contribution < 1.29 is 17.8 Å².